The SMILES string of the molecule is CCN(C)CCNS(=O)(=O)c1cnc(NC)nc1. The lowest BCUT2D eigenvalue weighted by Gasteiger charge is -2.14. The first-order valence-corrected chi connectivity index (χ1v) is 7.16. The van der Waals surface area contributed by atoms with Crippen LogP contribution in [-0.4, -0.2) is 57.0 Å². The number of nitrogens with zero attached hydrogens (tertiary/aromatic N) is 3. The van der Waals surface area contributed by atoms with Gasteiger partial charge >= 0.3 is 0 Å². The molecule has 0 aliphatic carbocycles. The minimum Gasteiger partial charge on any atom is -0.357 e. The minimum atomic E-state index is -3.52. The second kappa shape index (κ2) is 6.62. The fourth-order valence-corrected chi connectivity index (χ4v) is 2.11. The van der Waals surface area contributed by atoms with Crippen LogP contribution in [-0.2, 0) is 10.0 Å². The largest absolute Gasteiger partial charge is 0.357 e. The van der Waals surface area contributed by atoms with Gasteiger partial charge in [0.15, 0.2) is 0 Å². The van der Waals surface area contributed by atoms with Crippen LogP contribution in [0.25, 0.3) is 0 Å². The summed E-state index contributed by atoms with van der Waals surface area (Å²) in [6.07, 6.45) is 2.56. The zero-order chi connectivity index (χ0) is 13.6. The molecule has 1 heterocycles. The molecule has 0 aliphatic rings. The van der Waals surface area contributed by atoms with Gasteiger partial charge in [-0.15, -0.1) is 0 Å². The van der Waals surface area contributed by atoms with Crippen molar-refractivity contribution >= 4 is 16.0 Å². The predicted molar refractivity (Wildman–Crippen MR) is 69.9 cm³/mol. The van der Waals surface area contributed by atoms with Crippen molar-refractivity contribution in [2.45, 2.75) is 11.8 Å². The van der Waals surface area contributed by atoms with Crippen molar-refractivity contribution in [1.82, 2.24) is 19.6 Å². The number of likely N-dealkylation sites (N-methyl/N-ethyl adjacent to an activating group) is 1. The molecule has 2 N–H and O–H groups in total. The zero-order valence-corrected chi connectivity index (χ0v) is 11.7. The predicted octanol–water partition coefficient (Wildman–Crippen LogP) is -0.252. The molecule has 1 aromatic rings. The van der Waals surface area contributed by atoms with E-state index in [1.807, 2.05) is 18.9 Å². The number of anilines is 1. The average Bonchev–Trinajstić information content (AvgIpc) is 2.38. The van der Waals surface area contributed by atoms with Crippen LogP contribution in [0.4, 0.5) is 5.95 Å². The molecule has 8 heteroatoms. The summed E-state index contributed by atoms with van der Waals surface area (Å²) in [7, 11) is 0.0801. The number of rotatable bonds is 7. The van der Waals surface area contributed by atoms with Crippen LogP contribution in [0.1, 0.15) is 6.92 Å². The number of aromatic nitrogens is 2. The molecule has 102 valence electrons. The Balaban J connectivity index is 2.62. The molecule has 0 saturated heterocycles. The van der Waals surface area contributed by atoms with Gasteiger partial charge in [0.2, 0.25) is 16.0 Å². The van der Waals surface area contributed by atoms with Crippen molar-refractivity contribution < 1.29 is 8.42 Å². The molecule has 0 aliphatic heterocycles. The van der Waals surface area contributed by atoms with Crippen molar-refractivity contribution in [3.63, 3.8) is 0 Å². The Morgan fingerprint density at radius 3 is 2.44 bits per heavy atom. The van der Waals surface area contributed by atoms with Gasteiger partial charge in [-0.25, -0.2) is 23.1 Å². The Labute approximate surface area is 108 Å². The van der Waals surface area contributed by atoms with E-state index in [1.54, 1.807) is 7.05 Å². The smallest absolute Gasteiger partial charge is 0.243 e. The van der Waals surface area contributed by atoms with E-state index >= 15 is 0 Å². The van der Waals surface area contributed by atoms with Crippen molar-refractivity contribution in [2.24, 2.45) is 0 Å². The Morgan fingerprint density at radius 2 is 1.94 bits per heavy atom. The molecule has 0 saturated carbocycles. The molecule has 0 spiro atoms. The lowest BCUT2D eigenvalue weighted by atomic mass is 10.5. The lowest BCUT2D eigenvalue weighted by molar-refractivity contribution is 0.358. The van der Waals surface area contributed by atoms with Gasteiger partial charge in [-0.05, 0) is 13.6 Å². The van der Waals surface area contributed by atoms with E-state index in [9.17, 15) is 8.42 Å². The van der Waals surface area contributed by atoms with Gasteiger partial charge in [-0.1, -0.05) is 6.92 Å². The highest BCUT2D eigenvalue weighted by atomic mass is 32.2. The number of hydrogen-bond donors (Lipinski definition) is 2. The van der Waals surface area contributed by atoms with Crippen molar-refractivity contribution in [3.05, 3.63) is 12.4 Å². The highest BCUT2D eigenvalue weighted by Gasteiger charge is 2.14. The summed E-state index contributed by atoms with van der Waals surface area (Å²) >= 11 is 0. The third-order valence-electron chi connectivity index (χ3n) is 2.49. The van der Waals surface area contributed by atoms with E-state index in [0.717, 1.165) is 6.54 Å². The molecule has 0 radical (unpaired) electrons. The van der Waals surface area contributed by atoms with Gasteiger partial charge in [0.05, 0.1) is 12.4 Å². The Hall–Kier alpha value is -1.25. The van der Waals surface area contributed by atoms with Crippen LogP contribution in [0.2, 0.25) is 0 Å². The quantitative estimate of drug-likeness (QED) is 0.712. The second-order valence-corrected chi connectivity index (χ2v) is 5.55. The van der Waals surface area contributed by atoms with E-state index in [1.165, 1.54) is 12.4 Å². The van der Waals surface area contributed by atoms with E-state index in [-0.39, 0.29) is 4.90 Å². The summed E-state index contributed by atoms with van der Waals surface area (Å²) < 4.78 is 26.3. The number of nitrogens with one attached hydrogen (secondary N) is 2. The molecular weight excluding hydrogens is 254 g/mol. The summed E-state index contributed by atoms with van der Waals surface area (Å²) in [4.78, 5) is 9.83. The van der Waals surface area contributed by atoms with Crippen LogP contribution in [0.15, 0.2) is 17.3 Å². The number of sulfonamides is 1. The van der Waals surface area contributed by atoms with Gasteiger partial charge in [-0.2, -0.15) is 0 Å². The fraction of sp³-hybridized carbons (Fsp3) is 0.600. The summed E-state index contributed by atoms with van der Waals surface area (Å²) in [5.41, 5.74) is 0. The molecule has 1 rings (SSSR count). The Kier molecular flexibility index (Phi) is 5.45. The van der Waals surface area contributed by atoms with Crippen LogP contribution >= 0.6 is 0 Å². The van der Waals surface area contributed by atoms with E-state index in [4.69, 9.17) is 0 Å². The van der Waals surface area contributed by atoms with Gasteiger partial charge < -0.3 is 10.2 Å². The highest BCUT2D eigenvalue weighted by molar-refractivity contribution is 7.89. The van der Waals surface area contributed by atoms with Gasteiger partial charge in [0.25, 0.3) is 0 Å². The van der Waals surface area contributed by atoms with Gasteiger partial charge in [-0.3, -0.25) is 0 Å². The molecule has 0 fully saturated rings. The van der Waals surface area contributed by atoms with Crippen LogP contribution in [0.5, 0.6) is 0 Å². The zero-order valence-electron chi connectivity index (χ0n) is 10.8. The molecule has 0 aromatic carbocycles. The minimum absolute atomic E-state index is 0.0700. The molecule has 18 heavy (non-hydrogen) atoms. The van der Waals surface area contributed by atoms with Crippen LogP contribution in [0.3, 0.4) is 0 Å². The lowest BCUT2D eigenvalue weighted by Crippen LogP contribution is -2.33. The highest BCUT2D eigenvalue weighted by Crippen LogP contribution is 2.06. The summed E-state index contributed by atoms with van der Waals surface area (Å²) in [6, 6.07) is 0. The third-order valence-corrected chi connectivity index (χ3v) is 3.90. The summed E-state index contributed by atoms with van der Waals surface area (Å²) in [5, 5.41) is 2.73. The molecule has 7 nitrogen and oxygen atoms in total. The van der Waals surface area contributed by atoms with Crippen molar-refractivity contribution in [3.8, 4) is 0 Å². The molecule has 1 aromatic heterocycles. The topological polar surface area (TPSA) is 87.2 Å². The third kappa shape index (κ3) is 4.21. The second-order valence-electron chi connectivity index (χ2n) is 3.79. The molecule has 0 bridgehead atoms. The normalized spacial score (nSPS) is 11.8. The van der Waals surface area contributed by atoms with Gasteiger partial charge in [0, 0.05) is 20.1 Å². The maximum Gasteiger partial charge on any atom is 0.243 e. The maximum absolute atomic E-state index is 11.9. The van der Waals surface area contributed by atoms with E-state index in [2.05, 4.69) is 20.0 Å². The molecule has 0 atom stereocenters. The van der Waals surface area contributed by atoms with Crippen molar-refractivity contribution in [2.75, 3.05) is 39.0 Å². The Morgan fingerprint density at radius 1 is 1.33 bits per heavy atom. The summed E-state index contributed by atoms with van der Waals surface area (Å²) in [6.45, 7) is 3.91. The fourth-order valence-electron chi connectivity index (χ4n) is 1.20. The van der Waals surface area contributed by atoms with E-state index < -0.39 is 10.0 Å². The average molecular weight is 273 g/mol. The number of hydrogen-bond acceptors (Lipinski definition) is 6. The van der Waals surface area contributed by atoms with Crippen LogP contribution in [0, 0.1) is 0 Å². The van der Waals surface area contributed by atoms with E-state index in [0.29, 0.717) is 19.0 Å². The molecule has 0 amide bonds. The first-order valence-electron chi connectivity index (χ1n) is 5.67. The summed E-state index contributed by atoms with van der Waals surface area (Å²) in [5.74, 6) is 0.389. The van der Waals surface area contributed by atoms with Crippen molar-refractivity contribution in [1.29, 1.82) is 0 Å². The first kappa shape index (κ1) is 14.8. The first-order chi connectivity index (χ1) is 8.49. The maximum atomic E-state index is 11.9. The van der Waals surface area contributed by atoms with Crippen LogP contribution < -0.4 is 10.0 Å². The Bertz CT molecular complexity index is 460. The molecular formula is C10H19N5O2S. The van der Waals surface area contributed by atoms with Gasteiger partial charge in [0.1, 0.15) is 4.90 Å². The standard InChI is InChI=1S/C10H19N5O2S/c1-4-15(3)6-5-14-18(16,17)9-7-12-10(11-2)13-8-9/h7-8,14H,4-6H2,1-3H3,(H,11,12,13). The molecule has 0 unspecified atom stereocenters. The monoisotopic (exact) mass is 273 g/mol.